The molecule has 0 fully saturated rings. The minimum atomic E-state index is 0.657. The summed E-state index contributed by atoms with van der Waals surface area (Å²) in [5, 5.41) is 2.72. The Morgan fingerprint density at radius 1 is 0.955 bits per heavy atom. The molecule has 0 saturated heterocycles. The zero-order valence-electron chi connectivity index (χ0n) is 12.9. The topological polar surface area (TPSA) is 18.5 Å². The lowest BCUT2D eigenvalue weighted by Gasteiger charge is -2.11. The molecule has 4 heteroatoms. The van der Waals surface area contributed by atoms with Crippen molar-refractivity contribution in [2.75, 3.05) is 19.1 Å². The Morgan fingerprint density at radius 2 is 1.77 bits per heavy atom. The molecule has 2 aromatic rings. The van der Waals surface area contributed by atoms with Crippen LogP contribution in [0.15, 0.2) is 30.3 Å². The van der Waals surface area contributed by atoms with Crippen molar-refractivity contribution in [1.82, 2.24) is 0 Å². The van der Waals surface area contributed by atoms with Crippen molar-refractivity contribution < 1.29 is 9.47 Å². The summed E-state index contributed by atoms with van der Waals surface area (Å²) in [6.07, 6.45) is 4.38. The van der Waals surface area contributed by atoms with Gasteiger partial charge in [-0.1, -0.05) is 30.5 Å². The second kappa shape index (κ2) is 9.12. The summed E-state index contributed by atoms with van der Waals surface area (Å²) < 4.78 is 11.3. The molecular formula is C18H22Cl2O2. The number of halogens is 2. The van der Waals surface area contributed by atoms with Gasteiger partial charge in [0.2, 0.25) is 0 Å². The summed E-state index contributed by atoms with van der Waals surface area (Å²) in [6.45, 7) is 3.32. The minimum absolute atomic E-state index is 0.657. The maximum atomic E-state index is 6.45. The van der Waals surface area contributed by atoms with Gasteiger partial charge in [-0.25, -0.2) is 0 Å². The maximum Gasteiger partial charge on any atom is 0.138 e. The van der Waals surface area contributed by atoms with E-state index in [2.05, 4.69) is 0 Å². The third-order valence-corrected chi connectivity index (χ3v) is 4.14. The molecular weight excluding hydrogens is 319 g/mol. The molecule has 2 rings (SSSR count). The van der Waals surface area contributed by atoms with E-state index in [0.717, 1.165) is 53.8 Å². The molecule has 0 N–H and O–H groups in total. The first kappa shape index (κ1) is 17.2. The average Bonchev–Trinajstić information content (AvgIpc) is 2.53. The van der Waals surface area contributed by atoms with E-state index in [1.807, 2.05) is 37.3 Å². The van der Waals surface area contributed by atoms with E-state index in [-0.39, 0.29) is 0 Å². The number of unbranched alkanes of at least 4 members (excludes halogenated alkanes) is 3. The molecule has 2 nitrogen and oxygen atoms in total. The summed E-state index contributed by atoms with van der Waals surface area (Å²) in [7, 11) is 0. The zero-order valence-corrected chi connectivity index (χ0v) is 14.4. The lowest BCUT2D eigenvalue weighted by atomic mass is 10.1. The number of alkyl halides is 1. The van der Waals surface area contributed by atoms with E-state index < -0.39 is 0 Å². The Hall–Kier alpha value is -1.12. The van der Waals surface area contributed by atoms with Crippen LogP contribution in [0.5, 0.6) is 11.5 Å². The van der Waals surface area contributed by atoms with Gasteiger partial charge < -0.3 is 9.47 Å². The number of ether oxygens (including phenoxy) is 2. The fourth-order valence-electron chi connectivity index (χ4n) is 2.35. The normalized spacial score (nSPS) is 10.9. The fraction of sp³-hybridized carbons (Fsp3) is 0.444. The highest BCUT2D eigenvalue weighted by molar-refractivity contribution is 6.37. The lowest BCUT2D eigenvalue weighted by molar-refractivity contribution is 0.305. The van der Waals surface area contributed by atoms with E-state index >= 15 is 0 Å². The quantitative estimate of drug-likeness (QED) is 0.407. The number of hydrogen-bond acceptors (Lipinski definition) is 2. The standard InChI is InChI=1S/C18H22Cl2O2/c1-2-21-15-8-9-16-14(13-15)7-10-17(18(16)20)22-12-6-4-3-5-11-19/h7-10,13H,2-6,11-12H2,1H3. The Balaban J connectivity index is 1.99. The lowest BCUT2D eigenvalue weighted by Crippen LogP contribution is -1.98. The van der Waals surface area contributed by atoms with Crippen molar-refractivity contribution in [3.05, 3.63) is 35.4 Å². The second-order valence-corrected chi connectivity index (χ2v) is 5.90. The monoisotopic (exact) mass is 340 g/mol. The maximum absolute atomic E-state index is 6.45. The second-order valence-electron chi connectivity index (χ2n) is 5.15. The summed E-state index contributed by atoms with van der Waals surface area (Å²) >= 11 is 12.1. The number of fused-ring (bicyclic) bond motifs is 1. The highest BCUT2D eigenvalue weighted by Gasteiger charge is 2.07. The molecule has 0 aliphatic heterocycles. The van der Waals surface area contributed by atoms with E-state index in [4.69, 9.17) is 32.7 Å². The van der Waals surface area contributed by atoms with Crippen LogP contribution in [0.3, 0.4) is 0 Å². The predicted molar refractivity (Wildman–Crippen MR) is 94.8 cm³/mol. The highest BCUT2D eigenvalue weighted by Crippen LogP contribution is 2.34. The van der Waals surface area contributed by atoms with Crippen molar-refractivity contribution in [2.45, 2.75) is 32.6 Å². The smallest absolute Gasteiger partial charge is 0.138 e. The van der Waals surface area contributed by atoms with Crippen LogP contribution in [0.2, 0.25) is 5.02 Å². The molecule has 0 unspecified atom stereocenters. The third kappa shape index (κ3) is 4.69. The van der Waals surface area contributed by atoms with Crippen LogP contribution in [0.25, 0.3) is 10.8 Å². The van der Waals surface area contributed by atoms with Gasteiger partial charge in [0.25, 0.3) is 0 Å². The molecule has 0 saturated carbocycles. The van der Waals surface area contributed by atoms with E-state index in [1.54, 1.807) is 0 Å². The number of hydrogen-bond donors (Lipinski definition) is 0. The first-order chi connectivity index (χ1) is 10.8. The molecule has 0 atom stereocenters. The average molecular weight is 341 g/mol. The van der Waals surface area contributed by atoms with E-state index in [0.29, 0.717) is 18.2 Å². The van der Waals surface area contributed by atoms with E-state index in [1.165, 1.54) is 0 Å². The van der Waals surface area contributed by atoms with Crippen LogP contribution in [-0.4, -0.2) is 19.1 Å². The molecule has 0 heterocycles. The van der Waals surface area contributed by atoms with Gasteiger partial charge in [-0.05, 0) is 49.4 Å². The van der Waals surface area contributed by atoms with Crippen molar-refractivity contribution in [3.8, 4) is 11.5 Å². The molecule has 0 aliphatic rings. The molecule has 0 radical (unpaired) electrons. The van der Waals surface area contributed by atoms with Gasteiger partial charge in [0.05, 0.1) is 18.2 Å². The molecule has 0 bridgehead atoms. The van der Waals surface area contributed by atoms with Crippen LogP contribution in [0, 0.1) is 0 Å². The highest BCUT2D eigenvalue weighted by atomic mass is 35.5. The summed E-state index contributed by atoms with van der Waals surface area (Å²) in [4.78, 5) is 0. The predicted octanol–water partition coefficient (Wildman–Crippen LogP) is 6.07. The van der Waals surface area contributed by atoms with Gasteiger partial charge in [0, 0.05) is 11.3 Å². The molecule has 2 aromatic carbocycles. The van der Waals surface area contributed by atoms with Gasteiger partial charge >= 0.3 is 0 Å². The van der Waals surface area contributed by atoms with Gasteiger partial charge in [-0.15, -0.1) is 11.6 Å². The first-order valence-corrected chi connectivity index (χ1v) is 8.71. The summed E-state index contributed by atoms with van der Waals surface area (Å²) in [5.74, 6) is 2.34. The van der Waals surface area contributed by atoms with Crippen LogP contribution in [0.1, 0.15) is 32.6 Å². The van der Waals surface area contributed by atoms with Crippen LogP contribution in [-0.2, 0) is 0 Å². The number of rotatable bonds is 9. The SMILES string of the molecule is CCOc1ccc2c(Cl)c(OCCCCCCCl)ccc2c1. The van der Waals surface area contributed by atoms with E-state index in [9.17, 15) is 0 Å². The molecule has 0 amide bonds. The van der Waals surface area contributed by atoms with Crippen molar-refractivity contribution in [1.29, 1.82) is 0 Å². The van der Waals surface area contributed by atoms with Gasteiger partial charge in [0.1, 0.15) is 11.5 Å². The molecule has 0 aromatic heterocycles. The minimum Gasteiger partial charge on any atom is -0.494 e. The Morgan fingerprint density at radius 3 is 2.55 bits per heavy atom. The van der Waals surface area contributed by atoms with Gasteiger partial charge in [0.15, 0.2) is 0 Å². The van der Waals surface area contributed by atoms with Crippen LogP contribution < -0.4 is 9.47 Å². The fourth-order valence-corrected chi connectivity index (χ4v) is 2.83. The number of benzene rings is 2. The largest absolute Gasteiger partial charge is 0.494 e. The Labute approximate surface area is 142 Å². The van der Waals surface area contributed by atoms with Crippen molar-refractivity contribution in [3.63, 3.8) is 0 Å². The molecule has 0 aliphatic carbocycles. The molecule has 120 valence electrons. The summed E-state index contributed by atoms with van der Waals surface area (Å²) in [5.41, 5.74) is 0. The molecule has 0 spiro atoms. The van der Waals surface area contributed by atoms with Crippen molar-refractivity contribution in [2.24, 2.45) is 0 Å². The molecule has 22 heavy (non-hydrogen) atoms. The van der Waals surface area contributed by atoms with Crippen molar-refractivity contribution >= 4 is 34.0 Å². The van der Waals surface area contributed by atoms with Gasteiger partial charge in [-0.2, -0.15) is 0 Å². The Kier molecular flexibility index (Phi) is 7.14. The van der Waals surface area contributed by atoms with Crippen LogP contribution >= 0.6 is 23.2 Å². The third-order valence-electron chi connectivity index (χ3n) is 3.49. The van der Waals surface area contributed by atoms with Crippen LogP contribution in [0.4, 0.5) is 0 Å². The van der Waals surface area contributed by atoms with Gasteiger partial charge in [-0.3, -0.25) is 0 Å². The zero-order chi connectivity index (χ0) is 15.8. The first-order valence-electron chi connectivity index (χ1n) is 7.80. The Bertz CT molecular complexity index is 599. The summed E-state index contributed by atoms with van der Waals surface area (Å²) in [6, 6.07) is 9.87.